The molecule has 3 aliphatic carbocycles. The van der Waals surface area contributed by atoms with E-state index in [4.69, 9.17) is 20.8 Å². The quantitative estimate of drug-likeness (QED) is 0.512. The number of benzene rings is 2. The summed E-state index contributed by atoms with van der Waals surface area (Å²) >= 11 is 6.12. The summed E-state index contributed by atoms with van der Waals surface area (Å²) in [5.41, 5.74) is -0.111. The molecule has 1 N–H and O–H groups in total. The summed E-state index contributed by atoms with van der Waals surface area (Å²) < 4.78 is 24.6. The molecule has 33 heavy (non-hydrogen) atoms. The van der Waals surface area contributed by atoms with Crippen LogP contribution in [0.25, 0.3) is 11.0 Å². The molecule has 0 aliphatic heterocycles. The van der Waals surface area contributed by atoms with E-state index in [-0.39, 0.29) is 63.3 Å². The number of rotatable bonds is 7. The fraction of sp³-hybridized carbons (Fsp3) is 0.320. The zero-order chi connectivity index (χ0) is 23.4. The van der Waals surface area contributed by atoms with Crippen LogP contribution in [0, 0.1) is 18.2 Å². The van der Waals surface area contributed by atoms with Crippen LogP contribution >= 0.6 is 11.6 Å². The lowest BCUT2D eigenvalue weighted by molar-refractivity contribution is -0.164. The predicted octanol–water partition coefficient (Wildman–Crippen LogP) is 4.58. The molecule has 2 bridgehead atoms. The number of carbonyl (C=O) groups is 2. The van der Waals surface area contributed by atoms with Crippen LogP contribution in [-0.4, -0.2) is 23.8 Å². The van der Waals surface area contributed by atoms with E-state index in [2.05, 4.69) is 5.32 Å². The molecule has 6 rings (SSSR count). The van der Waals surface area contributed by atoms with Crippen molar-refractivity contribution < 1.29 is 23.1 Å². The van der Waals surface area contributed by atoms with Crippen LogP contribution in [0.1, 0.15) is 41.8 Å². The highest BCUT2D eigenvalue weighted by molar-refractivity contribution is 6.34. The molecule has 8 heteroatoms. The predicted molar refractivity (Wildman–Crippen MR) is 120 cm³/mol. The Hall–Kier alpha value is -3.19. The summed E-state index contributed by atoms with van der Waals surface area (Å²) in [6.07, 6.45) is 2.27. The summed E-state index contributed by atoms with van der Waals surface area (Å²) in [5.74, 6) is -0.625. The van der Waals surface area contributed by atoms with Gasteiger partial charge in [-0.3, -0.25) is 14.4 Å². The van der Waals surface area contributed by atoms with Crippen LogP contribution in [-0.2, 0) is 4.79 Å². The monoisotopic (exact) mass is 469 g/mol. The summed E-state index contributed by atoms with van der Waals surface area (Å²) in [7, 11) is 0. The van der Waals surface area contributed by atoms with Gasteiger partial charge in [0.25, 0.3) is 5.91 Å². The Bertz CT molecular complexity index is 1340. The van der Waals surface area contributed by atoms with E-state index in [1.54, 1.807) is 37.3 Å². The van der Waals surface area contributed by atoms with Crippen molar-refractivity contribution in [2.45, 2.75) is 38.1 Å². The van der Waals surface area contributed by atoms with Gasteiger partial charge in [-0.1, -0.05) is 23.7 Å². The number of carbonyl (C=O) groups excluding carboxylic acids is 2. The number of ether oxygens (including phenoxy) is 1. The molecule has 1 aromatic heterocycles. The molecule has 1 heterocycles. The zero-order valence-electron chi connectivity index (χ0n) is 17.9. The molecule has 0 unspecified atom stereocenters. The van der Waals surface area contributed by atoms with Crippen LogP contribution in [0.4, 0.5) is 4.39 Å². The first-order valence-electron chi connectivity index (χ1n) is 10.6. The van der Waals surface area contributed by atoms with E-state index in [9.17, 15) is 18.8 Å². The smallest absolute Gasteiger partial charge is 0.258 e. The summed E-state index contributed by atoms with van der Waals surface area (Å²) in [5, 5.41) is 3.59. The molecule has 0 saturated heterocycles. The van der Waals surface area contributed by atoms with Gasteiger partial charge in [-0.2, -0.15) is 0 Å². The number of ketones is 1. The van der Waals surface area contributed by atoms with Gasteiger partial charge in [0.05, 0.1) is 10.4 Å². The minimum atomic E-state index is -0.386. The van der Waals surface area contributed by atoms with Gasteiger partial charge < -0.3 is 14.5 Å². The van der Waals surface area contributed by atoms with Crippen molar-refractivity contribution in [3.63, 3.8) is 0 Å². The Balaban J connectivity index is 1.16. The summed E-state index contributed by atoms with van der Waals surface area (Å²) in [6.45, 7) is 1.44. The van der Waals surface area contributed by atoms with Gasteiger partial charge in [0.2, 0.25) is 0 Å². The van der Waals surface area contributed by atoms with Crippen molar-refractivity contribution in [2.75, 3.05) is 6.61 Å². The maximum absolute atomic E-state index is 13.6. The molecule has 3 aliphatic rings. The number of aryl methyl sites for hydroxylation is 1. The van der Waals surface area contributed by atoms with Crippen molar-refractivity contribution >= 4 is 34.3 Å². The Morgan fingerprint density at radius 1 is 1.18 bits per heavy atom. The molecule has 1 amide bonds. The number of fused-ring (bicyclic) bond motifs is 1. The summed E-state index contributed by atoms with van der Waals surface area (Å²) in [4.78, 5) is 37.4. The van der Waals surface area contributed by atoms with Gasteiger partial charge in [0.1, 0.15) is 11.6 Å². The van der Waals surface area contributed by atoms with E-state index >= 15 is 0 Å². The van der Waals surface area contributed by atoms with E-state index in [1.807, 2.05) is 0 Å². The average Bonchev–Trinajstić information content (AvgIpc) is 2.72. The third kappa shape index (κ3) is 3.91. The standard InChI is InChI=1S/C25H21ClFNO5/c1-14-5-6-15(7-18(14)27)32-10-22(31)28-25-11-24(12-25,13-25)9-20(30)21-8-19(29)16-3-2-4-17(26)23(16)33-21/h2-8H,9-13H2,1H3,(H,28,31). The largest absolute Gasteiger partial charge is 0.484 e. The molecular weight excluding hydrogens is 449 g/mol. The third-order valence-corrected chi connectivity index (χ3v) is 6.87. The lowest BCUT2D eigenvalue weighted by Crippen LogP contribution is -2.75. The lowest BCUT2D eigenvalue weighted by Gasteiger charge is -2.70. The van der Waals surface area contributed by atoms with Gasteiger partial charge in [-0.25, -0.2) is 4.39 Å². The molecule has 2 aromatic carbocycles. The van der Waals surface area contributed by atoms with Gasteiger partial charge in [-0.15, -0.1) is 0 Å². The normalized spacial score (nSPS) is 22.9. The van der Waals surface area contributed by atoms with Crippen LogP contribution in [0.2, 0.25) is 5.02 Å². The first-order chi connectivity index (χ1) is 15.7. The van der Waals surface area contributed by atoms with Gasteiger partial charge in [0, 0.05) is 24.1 Å². The molecule has 0 atom stereocenters. The van der Waals surface area contributed by atoms with Gasteiger partial charge >= 0.3 is 0 Å². The van der Waals surface area contributed by atoms with Crippen molar-refractivity contribution in [3.05, 3.63) is 74.9 Å². The number of amides is 1. The van der Waals surface area contributed by atoms with Gasteiger partial charge in [0.15, 0.2) is 29.2 Å². The van der Waals surface area contributed by atoms with Crippen molar-refractivity contribution in [3.8, 4) is 5.75 Å². The molecular formula is C25H21ClFNO5. The minimum absolute atomic E-state index is 0.00198. The van der Waals surface area contributed by atoms with E-state index in [1.165, 1.54) is 12.1 Å². The number of nitrogens with one attached hydrogen (secondary N) is 1. The van der Waals surface area contributed by atoms with Crippen molar-refractivity contribution in [1.29, 1.82) is 0 Å². The van der Waals surface area contributed by atoms with Crippen LogP contribution < -0.4 is 15.5 Å². The maximum atomic E-state index is 13.6. The van der Waals surface area contributed by atoms with Crippen molar-refractivity contribution in [2.24, 2.45) is 5.41 Å². The number of hydrogen-bond acceptors (Lipinski definition) is 5. The molecule has 0 radical (unpaired) electrons. The first kappa shape index (κ1) is 21.6. The second-order valence-corrected chi connectivity index (χ2v) is 9.66. The molecule has 6 nitrogen and oxygen atoms in total. The van der Waals surface area contributed by atoms with Crippen LogP contribution in [0.3, 0.4) is 0 Å². The topological polar surface area (TPSA) is 85.6 Å². The molecule has 3 fully saturated rings. The van der Waals surface area contributed by atoms with E-state index in [0.717, 1.165) is 0 Å². The van der Waals surface area contributed by atoms with Crippen molar-refractivity contribution in [1.82, 2.24) is 5.32 Å². The third-order valence-electron chi connectivity index (χ3n) is 6.58. The number of para-hydroxylation sites is 1. The van der Waals surface area contributed by atoms with Crippen LogP contribution in [0.5, 0.6) is 5.75 Å². The van der Waals surface area contributed by atoms with E-state index < -0.39 is 0 Å². The first-order valence-corrected chi connectivity index (χ1v) is 11.0. The Labute approximate surface area is 193 Å². The number of Topliss-reactive ketones (excluding diaryl/α,β-unsaturated/α-hetero) is 1. The Morgan fingerprint density at radius 3 is 2.67 bits per heavy atom. The molecule has 3 aromatic rings. The minimum Gasteiger partial charge on any atom is -0.484 e. The number of hydrogen-bond donors (Lipinski definition) is 1. The molecule has 170 valence electrons. The Kier molecular flexibility index (Phi) is 5.05. The SMILES string of the molecule is Cc1ccc(OCC(=O)NC23CC(CC(=O)c4cc(=O)c5cccc(Cl)c5o4)(C2)C3)cc1F. The number of halogens is 2. The van der Waals surface area contributed by atoms with Crippen LogP contribution in [0.15, 0.2) is 51.7 Å². The van der Waals surface area contributed by atoms with E-state index in [0.29, 0.717) is 36.0 Å². The maximum Gasteiger partial charge on any atom is 0.258 e. The lowest BCUT2D eigenvalue weighted by atomic mass is 9.38. The molecule has 0 spiro atoms. The highest BCUT2D eigenvalue weighted by Crippen LogP contribution is 2.69. The fourth-order valence-electron chi connectivity index (χ4n) is 5.17. The molecule has 3 saturated carbocycles. The summed E-state index contributed by atoms with van der Waals surface area (Å²) in [6, 6.07) is 10.5. The average molecular weight is 470 g/mol. The zero-order valence-corrected chi connectivity index (χ0v) is 18.6. The highest BCUT2D eigenvalue weighted by atomic mass is 35.5. The van der Waals surface area contributed by atoms with Gasteiger partial charge in [-0.05, 0) is 55.4 Å². The second-order valence-electron chi connectivity index (χ2n) is 9.25. The highest BCUT2D eigenvalue weighted by Gasteiger charge is 2.68. The fourth-order valence-corrected chi connectivity index (χ4v) is 5.38. The Morgan fingerprint density at radius 2 is 1.94 bits per heavy atom. The second kappa shape index (κ2) is 7.70.